The second-order valence-corrected chi connectivity index (χ2v) is 5.58. The molecule has 2 nitrogen and oxygen atoms in total. The van der Waals surface area contributed by atoms with Crippen molar-refractivity contribution in [2.24, 2.45) is 7.05 Å². The standard InChI is InChI=1S/C17H13ClN2/c1-20-17(11-6-8-13(18)9-7-11)15-10-12-4-2-3-5-14(12)16(15)19-20/h2-9H,10H2,1H3. The first-order chi connectivity index (χ1) is 9.74. The molecule has 4 rings (SSSR count). The molecule has 0 saturated heterocycles. The smallest absolute Gasteiger partial charge is 0.0967 e. The van der Waals surface area contributed by atoms with Gasteiger partial charge in [0, 0.05) is 35.2 Å². The van der Waals surface area contributed by atoms with Crippen LogP contribution in [0, 0.1) is 0 Å². The van der Waals surface area contributed by atoms with Crippen molar-refractivity contribution in [3.63, 3.8) is 0 Å². The van der Waals surface area contributed by atoms with E-state index < -0.39 is 0 Å². The molecule has 0 atom stereocenters. The van der Waals surface area contributed by atoms with E-state index in [2.05, 4.69) is 36.4 Å². The molecule has 0 saturated carbocycles. The topological polar surface area (TPSA) is 17.8 Å². The third kappa shape index (κ3) is 1.61. The van der Waals surface area contributed by atoms with Gasteiger partial charge in [-0.15, -0.1) is 0 Å². The van der Waals surface area contributed by atoms with Gasteiger partial charge in [0.2, 0.25) is 0 Å². The van der Waals surface area contributed by atoms with E-state index in [9.17, 15) is 0 Å². The van der Waals surface area contributed by atoms with Crippen LogP contribution in [0.25, 0.3) is 22.5 Å². The zero-order valence-electron chi connectivity index (χ0n) is 11.1. The first-order valence-corrected chi connectivity index (χ1v) is 7.02. The molecule has 1 aliphatic carbocycles. The summed E-state index contributed by atoms with van der Waals surface area (Å²) >= 11 is 5.98. The maximum absolute atomic E-state index is 5.98. The van der Waals surface area contributed by atoms with Gasteiger partial charge in [0.05, 0.1) is 11.4 Å². The summed E-state index contributed by atoms with van der Waals surface area (Å²) in [7, 11) is 2.00. The van der Waals surface area contributed by atoms with Gasteiger partial charge >= 0.3 is 0 Å². The number of aromatic nitrogens is 2. The summed E-state index contributed by atoms with van der Waals surface area (Å²) in [6.45, 7) is 0. The lowest BCUT2D eigenvalue weighted by Crippen LogP contribution is -1.97. The van der Waals surface area contributed by atoms with E-state index in [0.29, 0.717) is 0 Å². The first-order valence-electron chi connectivity index (χ1n) is 6.64. The summed E-state index contributed by atoms with van der Waals surface area (Å²) in [5, 5.41) is 5.48. The number of hydrogen-bond donors (Lipinski definition) is 0. The average Bonchev–Trinajstić information content (AvgIpc) is 2.95. The number of rotatable bonds is 1. The fraction of sp³-hybridized carbons (Fsp3) is 0.118. The van der Waals surface area contributed by atoms with Crippen LogP contribution >= 0.6 is 11.6 Å². The predicted molar refractivity (Wildman–Crippen MR) is 81.9 cm³/mol. The SMILES string of the molecule is Cn1nc2c(c1-c1ccc(Cl)cc1)Cc1ccccc1-2. The van der Waals surface area contributed by atoms with Gasteiger partial charge in [-0.2, -0.15) is 5.10 Å². The van der Waals surface area contributed by atoms with Crippen molar-refractivity contribution < 1.29 is 0 Å². The van der Waals surface area contributed by atoms with Crippen LogP contribution in [-0.4, -0.2) is 9.78 Å². The summed E-state index contributed by atoms with van der Waals surface area (Å²) in [6.07, 6.45) is 0.956. The maximum Gasteiger partial charge on any atom is 0.0967 e. The number of hydrogen-bond acceptors (Lipinski definition) is 1. The van der Waals surface area contributed by atoms with E-state index >= 15 is 0 Å². The van der Waals surface area contributed by atoms with Crippen LogP contribution in [0.5, 0.6) is 0 Å². The number of nitrogens with zero attached hydrogens (tertiary/aromatic N) is 2. The molecule has 1 heterocycles. The molecule has 0 unspecified atom stereocenters. The van der Waals surface area contributed by atoms with Crippen LogP contribution < -0.4 is 0 Å². The monoisotopic (exact) mass is 280 g/mol. The fourth-order valence-electron chi connectivity index (χ4n) is 3.02. The van der Waals surface area contributed by atoms with Crippen molar-refractivity contribution in [2.75, 3.05) is 0 Å². The van der Waals surface area contributed by atoms with Crippen LogP contribution in [0.4, 0.5) is 0 Å². The third-order valence-corrected chi connectivity index (χ3v) is 4.15. The van der Waals surface area contributed by atoms with Gasteiger partial charge in [-0.3, -0.25) is 4.68 Å². The number of fused-ring (bicyclic) bond motifs is 3. The lowest BCUT2D eigenvalue weighted by molar-refractivity contribution is 0.777. The number of benzene rings is 2. The molecular weight excluding hydrogens is 268 g/mol. The largest absolute Gasteiger partial charge is 0.267 e. The Hall–Kier alpha value is -2.06. The second kappa shape index (κ2) is 4.22. The number of halogens is 1. The van der Waals surface area contributed by atoms with E-state index in [-0.39, 0.29) is 0 Å². The Bertz CT molecular complexity index is 800. The maximum atomic E-state index is 5.98. The molecule has 2 aromatic carbocycles. The van der Waals surface area contributed by atoms with Gasteiger partial charge in [-0.25, -0.2) is 0 Å². The Balaban J connectivity index is 1.92. The lowest BCUT2D eigenvalue weighted by Gasteiger charge is -2.05. The van der Waals surface area contributed by atoms with Crippen LogP contribution in [0.1, 0.15) is 11.1 Å². The van der Waals surface area contributed by atoms with Gasteiger partial charge in [0.25, 0.3) is 0 Å². The van der Waals surface area contributed by atoms with Crippen molar-refractivity contribution in [3.8, 4) is 22.5 Å². The van der Waals surface area contributed by atoms with E-state index in [1.54, 1.807) is 0 Å². The fourth-order valence-corrected chi connectivity index (χ4v) is 3.14. The molecule has 0 radical (unpaired) electrons. The van der Waals surface area contributed by atoms with E-state index in [1.165, 1.54) is 27.9 Å². The van der Waals surface area contributed by atoms with Crippen LogP contribution in [0.15, 0.2) is 48.5 Å². The summed E-state index contributed by atoms with van der Waals surface area (Å²) in [5.74, 6) is 0. The normalized spacial score (nSPS) is 12.3. The highest BCUT2D eigenvalue weighted by molar-refractivity contribution is 6.30. The van der Waals surface area contributed by atoms with Crippen molar-refractivity contribution in [2.45, 2.75) is 6.42 Å². The average molecular weight is 281 g/mol. The summed E-state index contributed by atoms with van der Waals surface area (Å²) in [5.41, 5.74) is 7.41. The molecule has 0 amide bonds. The molecule has 0 aliphatic heterocycles. The Morgan fingerprint density at radius 3 is 2.60 bits per heavy atom. The van der Waals surface area contributed by atoms with Crippen LogP contribution in [0.3, 0.4) is 0 Å². The van der Waals surface area contributed by atoms with Gasteiger partial charge in [-0.1, -0.05) is 48.0 Å². The zero-order chi connectivity index (χ0) is 13.7. The van der Waals surface area contributed by atoms with Crippen LogP contribution in [-0.2, 0) is 13.5 Å². The molecule has 1 aliphatic rings. The predicted octanol–water partition coefficient (Wildman–Crippen LogP) is 4.31. The quantitative estimate of drug-likeness (QED) is 0.508. The van der Waals surface area contributed by atoms with E-state index in [0.717, 1.165) is 17.1 Å². The van der Waals surface area contributed by atoms with Gasteiger partial charge in [0.15, 0.2) is 0 Å². The minimum Gasteiger partial charge on any atom is -0.267 e. The van der Waals surface area contributed by atoms with Gasteiger partial charge < -0.3 is 0 Å². The molecule has 1 aromatic heterocycles. The molecule has 0 bridgehead atoms. The Morgan fingerprint density at radius 2 is 1.80 bits per heavy atom. The first kappa shape index (κ1) is 11.7. The zero-order valence-corrected chi connectivity index (χ0v) is 11.9. The molecule has 3 heteroatoms. The molecule has 3 aromatic rings. The second-order valence-electron chi connectivity index (χ2n) is 5.14. The van der Waals surface area contributed by atoms with Crippen molar-refractivity contribution in [1.82, 2.24) is 9.78 Å². The number of aryl methyl sites for hydroxylation is 1. The van der Waals surface area contributed by atoms with Crippen molar-refractivity contribution in [1.29, 1.82) is 0 Å². The molecule has 0 fully saturated rings. The highest BCUT2D eigenvalue weighted by Crippen LogP contribution is 2.40. The molecule has 0 N–H and O–H groups in total. The minimum absolute atomic E-state index is 0.760. The summed E-state index contributed by atoms with van der Waals surface area (Å²) in [4.78, 5) is 0. The Morgan fingerprint density at radius 1 is 1.05 bits per heavy atom. The summed E-state index contributed by atoms with van der Waals surface area (Å²) < 4.78 is 1.98. The van der Waals surface area contributed by atoms with E-state index in [1.807, 2.05) is 23.9 Å². The lowest BCUT2D eigenvalue weighted by atomic mass is 10.1. The highest BCUT2D eigenvalue weighted by atomic mass is 35.5. The molecule has 20 heavy (non-hydrogen) atoms. The van der Waals surface area contributed by atoms with Crippen LogP contribution in [0.2, 0.25) is 5.02 Å². The Kier molecular flexibility index (Phi) is 2.48. The molecular formula is C17H13ClN2. The summed E-state index contributed by atoms with van der Waals surface area (Å²) in [6, 6.07) is 16.5. The third-order valence-electron chi connectivity index (χ3n) is 3.90. The van der Waals surface area contributed by atoms with E-state index in [4.69, 9.17) is 16.7 Å². The Labute approximate surface area is 122 Å². The van der Waals surface area contributed by atoms with Crippen molar-refractivity contribution >= 4 is 11.6 Å². The highest BCUT2D eigenvalue weighted by Gasteiger charge is 2.26. The van der Waals surface area contributed by atoms with Gasteiger partial charge in [-0.05, 0) is 17.7 Å². The van der Waals surface area contributed by atoms with Gasteiger partial charge in [0.1, 0.15) is 0 Å². The van der Waals surface area contributed by atoms with Crippen molar-refractivity contribution in [3.05, 3.63) is 64.7 Å². The minimum atomic E-state index is 0.760. The molecule has 0 spiro atoms. The molecule has 98 valence electrons.